The van der Waals surface area contributed by atoms with E-state index in [1.807, 2.05) is 45.3 Å². The van der Waals surface area contributed by atoms with Crippen LogP contribution < -0.4 is 10.1 Å². The van der Waals surface area contributed by atoms with E-state index < -0.39 is 0 Å². The van der Waals surface area contributed by atoms with Crippen LogP contribution in [0.2, 0.25) is 0 Å². The first-order chi connectivity index (χ1) is 12.8. The number of aryl methyl sites for hydroxylation is 2. The summed E-state index contributed by atoms with van der Waals surface area (Å²) in [6, 6.07) is 11.9. The van der Waals surface area contributed by atoms with Crippen LogP contribution in [0.1, 0.15) is 39.9 Å². The molecule has 1 saturated carbocycles. The zero-order valence-electron chi connectivity index (χ0n) is 16.4. The molecule has 2 aromatic carbocycles. The van der Waals surface area contributed by atoms with Crippen LogP contribution >= 0.6 is 15.9 Å². The van der Waals surface area contributed by atoms with Crippen molar-refractivity contribution in [2.24, 2.45) is 0 Å². The molecule has 0 heterocycles. The number of carbonyl (C=O) groups excluding carboxylic acids is 1. The molecule has 0 aromatic heterocycles. The standard InChI is InChI=1S/C22H27BrN2O2/c1-15-8-9-17(27-13-12-25(3)4)14-18(15)21(26)24-22(10-11-22)19-7-5-6-16(2)20(19)23/h5-9,14H,10-13H2,1-4H3,(H,24,26). The molecule has 27 heavy (non-hydrogen) atoms. The van der Waals surface area contributed by atoms with Crippen LogP contribution in [0.25, 0.3) is 0 Å². The van der Waals surface area contributed by atoms with E-state index in [1.54, 1.807) is 0 Å². The van der Waals surface area contributed by atoms with E-state index in [0.717, 1.165) is 40.7 Å². The summed E-state index contributed by atoms with van der Waals surface area (Å²) < 4.78 is 6.88. The van der Waals surface area contributed by atoms with Crippen LogP contribution in [0.4, 0.5) is 0 Å². The molecule has 0 aliphatic heterocycles. The third kappa shape index (κ3) is 4.53. The highest BCUT2D eigenvalue weighted by Crippen LogP contribution is 2.48. The van der Waals surface area contributed by atoms with Crippen molar-refractivity contribution in [2.45, 2.75) is 32.2 Å². The summed E-state index contributed by atoms with van der Waals surface area (Å²) in [5.74, 6) is 0.686. The first-order valence-corrected chi connectivity index (χ1v) is 10.1. The van der Waals surface area contributed by atoms with E-state index in [4.69, 9.17) is 4.74 Å². The van der Waals surface area contributed by atoms with Gasteiger partial charge in [0.2, 0.25) is 0 Å². The Labute approximate surface area is 170 Å². The van der Waals surface area contributed by atoms with Crippen molar-refractivity contribution in [3.05, 3.63) is 63.1 Å². The highest BCUT2D eigenvalue weighted by Gasteiger charge is 2.47. The van der Waals surface area contributed by atoms with Crippen molar-refractivity contribution in [1.82, 2.24) is 10.2 Å². The number of hydrogen-bond acceptors (Lipinski definition) is 3. The Bertz CT molecular complexity index is 844. The third-order valence-electron chi connectivity index (χ3n) is 5.07. The molecule has 1 amide bonds. The summed E-state index contributed by atoms with van der Waals surface area (Å²) in [5.41, 5.74) is 3.70. The van der Waals surface area contributed by atoms with E-state index in [2.05, 4.69) is 45.2 Å². The number of carbonyl (C=O) groups is 1. The third-order valence-corrected chi connectivity index (χ3v) is 6.12. The summed E-state index contributed by atoms with van der Waals surface area (Å²) in [4.78, 5) is 15.1. The number of benzene rings is 2. The normalized spacial score (nSPS) is 14.9. The van der Waals surface area contributed by atoms with Gasteiger partial charge in [-0.2, -0.15) is 0 Å². The molecule has 0 spiro atoms. The Morgan fingerprint density at radius 3 is 2.59 bits per heavy atom. The van der Waals surface area contributed by atoms with E-state index >= 15 is 0 Å². The number of nitrogens with one attached hydrogen (secondary N) is 1. The molecular weight excluding hydrogens is 404 g/mol. The van der Waals surface area contributed by atoms with Crippen LogP contribution in [-0.4, -0.2) is 38.1 Å². The van der Waals surface area contributed by atoms with Gasteiger partial charge in [-0.15, -0.1) is 0 Å². The van der Waals surface area contributed by atoms with Gasteiger partial charge in [-0.3, -0.25) is 4.79 Å². The number of ether oxygens (including phenoxy) is 1. The van der Waals surface area contributed by atoms with Crippen LogP contribution in [0.5, 0.6) is 5.75 Å². The lowest BCUT2D eigenvalue weighted by molar-refractivity contribution is 0.0929. The molecule has 0 radical (unpaired) electrons. The lowest BCUT2D eigenvalue weighted by Gasteiger charge is -2.21. The second-order valence-electron chi connectivity index (χ2n) is 7.60. The highest BCUT2D eigenvalue weighted by molar-refractivity contribution is 9.10. The largest absolute Gasteiger partial charge is 0.492 e. The quantitative estimate of drug-likeness (QED) is 0.706. The summed E-state index contributed by atoms with van der Waals surface area (Å²) in [6.07, 6.45) is 1.91. The van der Waals surface area contributed by atoms with Gasteiger partial charge in [0.15, 0.2) is 0 Å². The van der Waals surface area contributed by atoms with Gasteiger partial charge in [-0.05, 0) is 69.6 Å². The predicted molar refractivity (Wildman–Crippen MR) is 112 cm³/mol. The Balaban J connectivity index is 1.77. The smallest absolute Gasteiger partial charge is 0.252 e. The molecule has 1 aliphatic rings. The topological polar surface area (TPSA) is 41.6 Å². The van der Waals surface area contributed by atoms with Crippen LogP contribution in [0.3, 0.4) is 0 Å². The van der Waals surface area contributed by atoms with Gasteiger partial charge in [0.25, 0.3) is 5.91 Å². The number of amides is 1. The molecule has 5 heteroatoms. The van der Waals surface area contributed by atoms with Crippen molar-refractivity contribution in [1.29, 1.82) is 0 Å². The van der Waals surface area contributed by atoms with Crippen molar-refractivity contribution < 1.29 is 9.53 Å². The molecule has 1 aliphatic carbocycles. The second-order valence-corrected chi connectivity index (χ2v) is 8.39. The van der Waals surface area contributed by atoms with E-state index in [-0.39, 0.29) is 11.4 Å². The van der Waals surface area contributed by atoms with Gasteiger partial charge in [0.05, 0.1) is 5.54 Å². The minimum atomic E-state index is -0.268. The molecule has 0 saturated heterocycles. The molecule has 2 aromatic rings. The monoisotopic (exact) mass is 430 g/mol. The average Bonchev–Trinajstić information content (AvgIpc) is 3.38. The Morgan fingerprint density at radius 1 is 1.19 bits per heavy atom. The number of likely N-dealkylation sites (N-methyl/N-ethyl adjacent to an activating group) is 1. The van der Waals surface area contributed by atoms with E-state index in [0.29, 0.717) is 12.2 Å². The Morgan fingerprint density at radius 2 is 1.93 bits per heavy atom. The molecule has 1 fully saturated rings. The van der Waals surface area contributed by atoms with E-state index in [9.17, 15) is 4.79 Å². The molecular formula is C22H27BrN2O2. The maximum Gasteiger partial charge on any atom is 0.252 e. The van der Waals surface area contributed by atoms with Crippen molar-refractivity contribution in [3.63, 3.8) is 0 Å². The molecule has 1 N–H and O–H groups in total. The van der Waals surface area contributed by atoms with Crippen molar-refractivity contribution >= 4 is 21.8 Å². The van der Waals surface area contributed by atoms with Gasteiger partial charge in [-0.25, -0.2) is 0 Å². The first-order valence-electron chi connectivity index (χ1n) is 9.29. The first kappa shape index (κ1) is 19.9. The summed E-state index contributed by atoms with van der Waals surface area (Å²) in [5, 5.41) is 3.28. The number of hydrogen-bond donors (Lipinski definition) is 1. The zero-order chi connectivity index (χ0) is 19.6. The predicted octanol–water partition coefficient (Wildman–Crippen LogP) is 4.43. The van der Waals surface area contributed by atoms with Crippen molar-refractivity contribution in [3.8, 4) is 5.75 Å². The SMILES string of the molecule is Cc1ccc(OCCN(C)C)cc1C(=O)NC1(c2cccc(C)c2Br)CC1. The minimum Gasteiger partial charge on any atom is -0.492 e. The molecule has 3 rings (SSSR count). The average molecular weight is 431 g/mol. The fraction of sp³-hybridized carbons (Fsp3) is 0.409. The fourth-order valence-electron chi connectivity index (χ4n) is 3.17. The molecule has 0 bridgehead atoms. The Hall–Kier alpha value is -1.85. The molecule has 0 atom stereocenters. The van der Waals surface area contributed by atoms with E-state index in [1.165, 1.54) is 5.56 Å². The highest BCUT2D eigenvalue weighted by atomic mass is 79.9. The van der Waals surface area contributed by atoms with Gasteiger partial charge < -0.3 is 15.0 Å². The molecule has 4 nitrogen and oxygen atoms in total. The van der Waals surface area contributed by atoms with Crippen LogP contribution in [0.15, 0.2) is 40.9 Å². The fourth-order valence-corrected chi connectivity index (χ4v) is 3.81. The van der Waals surface area contributed by atoms with Crippen LogP contribution in [-0.2, 0) is 5.54 Å². The summed E-state index contributed by atoms with van der Waals surface area (Å²) in [6.45, 7) is 5.46. The van der Waals surface area contributed by atoms with Gasteiger partial charge >= 0.3 is 0 Å². The zero-order valence-corrected chi connectivity index (χ0v) is 18.0. The lowest BCUT2D eigenvalue weighted by atomic mass is 10.0. The number of halogens is 1. The Kier molecular flexibility index (Phi) is 5.92. The summed E-state index contributed by atoms with van der Waals surface area (Å²) in [7, 11) is 4.02. The molecule has 144 valence electrons. The number of nitrogens with zero attached hydrogens (tertiary/aromatic N) is 1. The maximum atomic E-state index is 13.0. The maximum absolute atomic E-state index is 13.0. The van der Waals surface area contributed by atoms with Crippen molar-refractivity contribution in [2.75, 3.05) is 27.2 Å². The minimum absolute atomic E-state index is 0.0449. The van der Waals surface area contributed by atoms with Crippen LogP contribution in [0, 0.1) is 13.8 Å². The van der Waals surface area contributed by atoms with Gasteiger partial charge in [0, 0.05) is 16.6 Å². The van der Waals surface area contributed by atoms with Gasteiger partial charge in [0.1, 0.15) is 12.4 Å². The number of rotatable bonds is 7. The molecule has 0 unspecified atom stereocenters. The van der Waals surface area contributed by atoms with Gasteiger partial charge in [-0.1, -0.05) is 40.2 Å². The lowest BCUT2D eigenvalue weighted by Crippen LogP contribution is -2.35. The second kappa shape index (κ2) is 8.03. The summed E-state index contributed by atoms with van der Waals surface area (Å²) >= 11 is 3.69.